The van der Waals surface area contributed by atoms with Crippen molar-refractivity contribution < 1.29 is 8.78 Å². The number of thioether (sulfide) groups is 1. The first kappa shape index (κ1) is 18.5. The third kappa shape index (κ3) is 3.86. The molecule has 5 rings (SSSR count). The monoisotopic (exact) mass is 396 g/mol. The maximum absolute atomic E-state index is 12.4. The number of halogens is 2. The van der Waals surface area contributed by atoms with Crippen LogP contribution in [0, 0.1) is 23.2 Å². The van der Waals surface area contributed by atoms with E-state index in [0.29, 0.717) is 33.2 Å². The molecule has 142 valence electrons. The number of nitrogens with one attached hydrogen (secondary N) is 2. The predicted octanol–water partition coefficient (Wildman–Crippen LogP) is 5.89. The van der Waals surface area contributed by atoms with E-state index >= 15 is 0 Å². The lowest BCUT2D eigenvalue weighted by Gasteiger charge is -2.59. The normalized spacial score (nSPS) is 33.3. The Kier molecular flexibility index (Phi) is 5.17. The van der Waals surface area contributed by atoms with Gasteiger partial charge in [0.05, 0.1) is 0 Å². The molecule has 0 aromatic heterocycles. The van der Waals surface area contributed by atoms with Gasteiger partial charge in [0, 0.05) is 16.6 Å². The second kappa shape index (κ2) is 7.27. The highest BCUT2D eigenvalue weighted by Gasteiger charge is 2.53. The van der Waals surface area contributed by atoms with Crippen molar-refractivity contribution in [1.29, 1.82) is 0 Å². The molecule has 1 aromatic carbocycles. The fourth-order valence-corrected chi connectivity index (χ4v) is 6.74. The quantitative estimate of drug-likeness (QED) is 0.478. The molecule has 0 heterocycles. The summed E-state index contributed by atoms with van der Waals surface area (Å²) in [6.07, 6.45) is 8.35. The van der Waals surface area contributed by atoms with Gasteiger partial charge in [0.2, 0.25) is 0 Å². The molecule has 0 spiro atoms. The van der Waals surface area contributed by atoms with Gasteiger partial charge < -0.3 is 10.6 Å². The van der Waals surface area contributed by atoms with Crippen molar-refractivity contribution >= 4 is 34.8 Å². The Labute approximate surface area is 163 Å². The third-order valence-corrected chi connectivity index (χ3v) is 7.63. The van der Waals surface area contributed by atoms with Crippen molar-refractivity contribution in [2.75, 3.05) is 5.32 Å². The zero-order valence-electron chi connectivity index (χ0n) is 15.0. The van der Waals surface area contributed by atoms with Crippen LogP contribution in [0.25, 0.3) is 0 Å². The first-order chi connectivity index (χ1) is 12.4. The molecule has 0 amide bonds. The summed E-state index contributed by atoms with van der Waals surface area (Å²) in [6, 6.07) is 7.36. The summed E-state index contributed by atoms with van der Waals surface area (Å²) in [7, 11) is 0. The van der Waals surface area contributed by atoms with Gasteiger partial charge in [0.15, 0.2) is 5.11 Å². The van der Waals surface area contributed by atoms with E-state index in [1.54, 1.807) is 24.3 Å². The molecular weight excluding hydrogens is 370 g/mol. The highest BCUT2D eigenvalue weighted by Crippen LogP contribution is 2.61. The molecule has 4 aliphatic carbocycles. The highest BCUT2D eigenvalue weighted by atomic mass is 32.2. The summed E-state index contributed by atoms with van der Waals surface area (Å²) >= 11 is 6.08. The maximum Gasteiger partial charge on any atom is 0.288 e. The van der Waals surface area contributed by atoms with Crippen molar-refractivity contribution in [3.8, 4) is 0 Å². The standard InChI is InChI=1S/C20H26F2N2S2/c1-12(20-9-13-6-14(10-20)8-15(7-13)11-20)23-19(25)24-16-2-4-17(5-3-16)26-18(21)22/h2-5,12-15,18H,6-11H2,1H3,(H2,23,24,25)/t12-,13?,14?,15?,20?/m0/s1. The second-order valence-corrected chi connectivity index (χ2v) is 9.97. The van der Waals surface area contributed by atoms with E-state index < -0.39 is 5.76 Å². The summed E-state index contributed by atoms with van der Waals surface area (Å²) < 4.78 is 24.8. The van der Waals surface area contributed by atoms with Gasteiger partial charge in [0.25, 0.3) is 5.76 Å². The first-order valence-corrected chi connectivity index (χ1v) is 10.8. The van der Waals surface area contributed by atoms with Gasteiger partial charge in [-0.1, -0.05) is 11.8 Å². The Morgan fingerprint density at radius 2 is 1.62 bits per heavy atom. The minimum atomic E-state index is -2.39. The van der Waals surface area contributed by atoms with Crippen molar-refractivity contribution in [2.24, 2.45) is 23.2 Å². The number of alkyl halides is 2. The van der Waals surface area contributed by atoms with Crippen molar-refractivity contribution in [2.45, 2.75) is 62.1 Å². The summed E-state index contributed by atoms with van der Waals surface area (Å²) in [4.78, 5) is 0.561. The van der Waals surface area contributed by atoms with Gasteiger partial charge in [-0.2, -0.15) is 8.78 Å². The Balaban J connectivity index is 1.34. The van der Waals surface area contributed by atoms with Crippen LogP contribution in [0.2, 0.25) is 0 Å². The fraction of sp³-hybridized carbons (Fsp3) is 0.650. The van der Waals surface area contributed by atoms with Crippen molar-refractivity contribution in [3.05, 3.63) is 24.3 Å². The molecule has 4 saturated carbocycles. The van der Waals surface area contributed by atoms with Crippen molar-refractivity contribution in [1.82, 2.24) is 5.32 Å². The SMILES string of the molecule is C[C@H](NC(=S)Nc1ccc(SC(F)F)cc1)C12CC3CC(CC(C3)C1)C2. The molecule has 1 aromatic rings. The van der Waals surface area contributed by atoms with E-state index in [4.69, 9.17) is 12.2 Å². The van der Waals surface area contributed by atoms with Crippen LogP contribution >= 0.6 is 24.0 Å². The smallest absolute Gasteiger partial charge is 0.288 e. The molecule has 4 bridgehead atoms. The average molecular weight is 397 g/mol. The van der Waals surface area contributed by atoms with Crippen LogP contribution in [0.4, 0.5) is 14.5 Å². The zero-order valence-corrected chi connectivity index (χ0v) is 16.6. The van der Waals surface area contributed by atoms with Gasteiger partial charge in [0.1, 0.15) is 0 Å². The van der Waals surface area contributed by atoms with Crippen LogP contribution in [0.1, 0.15) is 45.4 Å². The number of rotatable bonds is 5. The summed E-state index contributed by atoms with van der Waals surface area (Å²) in [5.74, 6) is 0.378. The van der Waals surface area contributed by atoms with Crippen LogP contribution < -0.4 is 10.6 Å². The van der Waals surface area contributed by atoms with Crippen molar-refractivity contribution in [3.63, 3.8) is 0 Å². The second-order valence-electron chi connectivity index (χ2n) is 8.50. The third-order valence-electron chi connectivity index (χ3n) is 6.69. The minimum Gasteiger partial charge on any atom is -0.359 e. The Bertz CT molecular complexity index is 627. The van der Waals surface area contributed by atoms with Crippen LogP contribution in [-0.4, -0.2) is 16.9 Å². The molecule has 1 atom stereocenters. The molecular formula is C20H26F2N2S2. The minimum absolute atomic E-state index is 0.365. The van der Waals surface area contributed by atoms with E-state index in [1.165, 1.54) is 38.5 Å². The van der Waals surface area contributed by atoms with E-state index in [0.717, 1.165) is 23.4 Å². The fourth-order valence-electron chi connectivity index (χ4n) is 5.94. The van der Waals surface area contributed by atoms with Gasteiger partial charge in [-0.15, -0.1) is 0 Å². The highest BCUT2D eigenvalue weighted by molar-refractivity contribution is 7.99. The van der Waals surface area contributed by atoms with Gasteiger partial charge in [-0.25, -0.2) is 0 Å². The lowest BCUT2D eigenvalue weighted by atomic mass is 9.48. The van der Waals surface area contributed by atoms with Gasteiger partial charge >= 0.3 is 0 Å². The summed E-state index contributed by atoms with van der Waals surface area (Å²) in [6.45, 7) is 2.28. The molecule has 0 aliphatic heterocycles. The molecule has 26 heavy (non-hydrogen) atoms. The molecule has 6 heteroatoms. The summed E-state index contributed by atoms with van der Waals surface area (Å²) in [5.41, 5.74) is 1.23. The summed E-state index contributed by atoms with van der Waals surface area (Å²) in [5, 5.41) is 7.36. The van der Waals surface area contributed by atoms with E-state index in [2.05, 4.69) is 17.6 Å². The number of hydrogen-bond acceptors (Lipinski definition) is 2. The molecule has 0 saturated heterocycles. The Morgan fingerprint density at radius 3 is 2.12 bits per heavy atom. The Morgan fingerprint density at radius 1 is 1.08 bits per heavy atom. The molecule has 2 N–H and O–H groups in total. The van der Waals surface area contributed by atoms with Crippen LogP contribution in [0.5, 0.6) is 0 Å². The number of benzene rings is 1. The lowest BCUT2D eigenvalue weighted by molar-refractivity contribution is -0.0671. The van der Waals surface area contributed by atoms with Crippen LogP contribution in [0.3, 0.4) is 0 Å². The zero-order chi connectivity index (χ0) is 18.3. The van der Waals surface area contributed by atoms with E-state index in [-0.39, 0.29) is 0 Å². The molecule has 2 nitrogen and oxygen atoms in total. The first-order valence-electron chi connectivity index (χ1n) is 9.54. The molecule has 4 aliphatic rings. The topological polar surface area (TPSA) is 24.1 Å². The van der Waals surface area contributed by atoms with E-state index in [1.807, 2.05) is 0 Å². The average Bonchev–Trinajstić information content (AvgIpc) is 2.55. The maximum atomic E-state index is 12.4. The molecule has 0 radical (unpaired) electrons. The van der Waals surface area contributed by atoms with Gasteiger partial charge in [-0.05, 0) is 105 Å². The van der Waals surface area contributed by atoms with E-state index in [9.17, 15) is 8.78 Å². The predicted molar refractivity (Wildman–Crippen MR) is 108 cm³/mol. The number of hydrogen-bond donors (Lipinski definition) is 2. The van der Waals surface area contributed by atoms with Crippen LogP contribution in [-0.2, 0) is 0 Å². The number of anilines is 1. The van der Waals surface area contributed by atoms with Crippen LogP contribution in [0.15, 0.2) is 29.2 Å². The molecule has 4 fully saturated rings. The Hall–Kier alpha value is -0.880. The lowest BCUT2D eigenvalue weighted by Crippen LogP contribution is -2.56. The van der Waals surface area contributed by atoms with Gasteiger partial charge in [-0.3, -0.25) is 0 Å². The largest absolute Gasteiger partial charge is 0.359 e. The number of thiocarbonyl (C=S) groups is 1. The molecule has 0 unspecified atom stereocenters.